The molecule has 216 valence electrons. The average molecular weight is 548 g/mol. The van der Waals surface area contributed by atoms with Crippen LogP contribution in [0.5, 0.6) is 0 Å². The van der Waals surface area contributed by atoms with Crippen LogP contribution < -0.4 is 16.8 Å². The van der Waals surface area contributed by atoms with E-state index in [-0.39, 0.29) is 32.5 Å². The molecule has 0 bridgehead atoms. The van der Waals surface area contributed by atoms with Gasteiger partial charge in [-0.2, -0.15) is 0 Å². The number of alkyl carbamates (subject to hydrolysis) is 1. The predicted molar refractivity (Wildman–Crippen MR) is 143 cm³/mol. The van der Waals surface area contributed by atoms with Crippen molar-refractivity contribution in [2.24, 2.45) is 11.5 Å². The Morgan fingerprint density at radius 2 is 1.79 bits per heavy atom. The lowest BCUT2D eigenvalue weighted by atomic mass is 10.1. The van der Waals surface area contributed by atoms with Gasteiger partial charge in [0.15, 0.2) is 0 Å². The summed E-state index contributed by atoms with van der Waals surface area (Å²) in [6, 6.07) is 7.21. The summed E-state index contributed by atoms with van der Waals surface area (Å²) in [4.78, 5) is 65.1. The first-order valence-electron chi connectivity index (χ1n) is 13.2. The molecule has 1 heterocycles. The lowest BCUT2D eigenvalue weighted by Crippen LogP contribution is -2.54. The van der Waals surface area contributed by atoms with Gasteiger partial charge in [-0.1, -0.05) is 30.3 Å². The van der Waals surface area contributed by atoms with Crippen molar-refractivity contribution in [3.63, 3.8) is 0 Å². The molecule has 0 aliphatic carbocycles. The average Bonchev–Trinajstić information content (AvgIpc) is 3.35. The number of hydrogen-bond acceptors (Lipinski definition) is 7. The molecule has 12 heteroatoms. The van der Waals surface area contributed by atoms with Crippen LogP contribution in [0.1, 0.15) is 64.9 Å². The van der Waals surface area contributed by atoms with Gasteiger partial charge in [-0.15, -0.1) is 0 Å². The SMILES string of the molecule is CC(C)(C)OC(=O)NCCCCN(C(=O)OCc1ccccc1)[C@H](CCC(N)=O)C(=O)N1CCC[C@H]1C(N)=O. The Bertz CT molecular complexity index is 996. The third-order valence-electron chi connectivity index (χ3n) is 6.12. The number of unbranched alkanes of at least 4 members (excludes halogenated alkanes) is 1. The number of carbonyl (C=O) groups excluding carboxylic acids is 5. The van der Waals surface area contributed by atoms with E-state index in [1.54, 1.807) is 32.9 Å². The minimum Gasteiger partial charge on any atom is -0.445 e. The summed E-state index contributed by atoms with van der Waals surface area (Å²) in [5, 5.41) is 2.66. The summed E-state index contributed by atoms with van der Waals surface area (Å²) < 4.78 is 10.8. The van der Waals surface area contributed by atoms with Crippen LogP contribution in [0.25, 0.3) is 0 Å². The van der Waals surface area contributed by atoms with Crippen molar-refractivity contribution in [1.82, 2.24) is 15.1 Å². The Kier molecular flexibility index (Phi) is 12.0. The van der Waals surface area contributed by atoms with E-state index in [1.807, 2.05) is 18.2 Å². The predicted octanol–water partition coefficient (Wildman–Crippen LogP) is 2.04. The molecule has 1 aromatic carbocycles. The summed E-state index contributed by atoms with van der Waals surface area (Å²) in [5.41, 5.74) is 11.0. The van der Waals surface area contributed by atoms with Crippen LogP contribution in [0.15, 0.2) is 30.3 Å². The van der Waals surface area contributed by atoms with Crippen molar-refractivity contribution >= 4 is 29.9 Å². The topological polar surface area (TPSA) is 174 Å². The second-order valence-corrected chi connectivity index (χ2v) is 10.5. The molecule has 5 amide bonds. The van der Waals surface area contributed by atoms with Crippen LogP contribution in [0.2, 0.25) is 0 Å². The molecule has 12 nitrogen and oxygen atoms in total. The molecule has 1 fully saturated rings. The third kappa shape index (κ3) is 10.8. The zero-order valence-electron chi connectivity index (χ0n) is 23.0. The number of likely N-dealkylation sites (tertiary alicyclic amines) is 1. The number of ether oxygens (including phenoxy) is 2. The molecule has 2 atom stereocenters. The maximum absolute atomic E-state index is 13.6. The van der Waals surface area contributed by atoms with Gasteiger partial charge < -0.3 is 31.2 Å². The first-order chi connectivity index (χ1) is 18.4. The lowest BCUT2D eigenvalue weighted by Gasteiger charge is -2.34. The van der Waals surface area contributed by atoms with Gasteiger partial charge in [0, 0.05) is 26.1 Å². The number of amides is 5. The normalized spacial score (nSPS) is 15.8. The zero-order chi connectivity index (χ0) is 29.0. The van der Waals surface area contributed by atoms with Crippen molar-refractivity contribution in [2.45, 2.75) is 83.6 Å². The summed E-state index contributed by atoms with van der Waals surface area (Å²) in [6.45, 7) is 5.98. The Hall–Kier alpha value is -3.83. The number of nitrogens with one attached hydrogen (secondary N) is 1. The van der Waals surface area contributed by atoms with E-state index in [1.165, 1.54) is 9.80 Å². The third-order valence-corrected chi connectivity index (χ3v) is 6.12. The van der Waals surface area contributed by atoms with E-state index in [4.69, 9.17) is 20.9 Å². The molecule has 0 aromatic heterocycles. The Balaban J connectivity index is 2.17. The number of carbonyl (C=O) groups is 5. The molecule has 0 saturated carbocycles. The second kappa shape index (κ2) is 14.9. The molecule has 1 aliphatic rings. The second-order valence-electron chi connectivity index (χ2n) is 10.5. The Morgan fingerprint density at radius 3 is 2.41 bits per heavy atom. The van der Waals surface area contributed by atoms with Gasteiger partial charge in [0.1, 0.15) is 24.3 Å². The van der Waals surface area contributed by atoms with Crippen LogP contribution in [-0.4, -0.2) is 77.0 Å². The number of hydrogen-bond donors (Lipinski definition) is 3. The highest BCUT2D eigenvalue weighted by atomic mass is 16.6. The molecule has 0 spiro atoms. The summed E-state index contributed by atoms with van der Waals surface area (Å²) in [7, 11) is 0. The van der Waals surface area contributed by atoms with Crippen molar-refractivity contribution in [2.75, 3.05) is 19.6 Å². The Labute approximate surface area is 229 Å². The van der Waals surface area contributed by atoms with Gasteiger partial charge in [-0.25, -0.2) is 9.59 Å². The minimum absolute atomic E-state index is 0.0132. The van der Waals surface area contributed by atoms with Crippen LogP contribution >= 0.6 is 0 Å². The van der Waals surface area contributed by atoms with Crippen molar-refractivity contribution in [3.8, 4) is 0 Å². The van der Waals surface area contributed by atoms with Gasteiger partial charge in [-0.3, -0.25) is 19.3 Å². The van der Waals surface area contributed by atoms with Crippen molar-refractivity contribution < 1.29 is 33.4 Å². The van der Waals surface area contributed by atoms with Crippen LogP contribution in [-0.2, 0) is 30.5 Å². The number of nitrogens with two attached hydrogens (primary N) is 2. The van der Waals surface area contributed by atoms with Crippen LogP contribution in [0.3, 0.4) is 0 Å². The summed E-state index contributed by atoms with van der Waals surface area (Å²) in [5.74, 6) is -1.73. The molecule has 39 heavy (non-hydrogen) atoms. The number of primary amides is 2. The number of benzene rings is 1. The fourth-order valence-corrected chi connectivity index (χ4v) is 4.30. The van der Waals surface area contributed by atoms with Gasteiger partial charge in [-0.05, 0) is 58.4 Å². The van der Waals surface area contributed by atoms with Gasteiger partial charge >= 0.3 is 12.2 Å². The molecule has 2 rings (SSSR count). The quantitative estimate of drug-likeness (QED) is 0.317. The summed E-state index contributed by atoms with van der Waals surface area (Å²) in [6.07, 6.45) is 0.442. The van der Waals surface area contributed by atoms with E-state index in [9.17, 15) is 24.0 Å². The fraction of sp³-hybridized carbons (Fsp3) is 0.593. The van der Waals surface area contributed by atoms with Gasteiger partial charge in [0.25, 0.3) is 0 Å². The molecule has 5 N–H and O–H groups in total. The van der Waals surface area contributed by atoms with Crippen molar-refractivity contribution in [3.05, 3.63) is 35.9 Å². The smallest absolute Gasteiger partial charge is 0.410 e. The maximum atomic E-state index is 13.6. The Morgan fingerprint density at radius 1 is 1.10 bits per heavy atom. The lowest BCUT2D eigenvalue weighted by molar-refractivity contribution is -0.142. The first-order valence-corrected chi connectivity index (χ1v) is 13.2. The molecule has 1 saturated heterocycles. The van der Waals surface area contributed by atoms with E-state index in [0.29, 0.717) is 32.2 Å². The summed E-state index contributed by atoms with van der Waals surface area (Å²) >= 11 is 0. The standard InChI is InChI=1S/C27H41N5O7/c1-27(2,3)39-25(36)30-15-7-8-16-32(26(37)38-18-19-10-5-4-6-11-19)21(13-14-22(28)33)24(35)31-17-9-12-20(31)23(29)34/h4-6,10-11,20-21H,7-9,12-18H2,1-3H3,(H2,28,33)(H2,29,34)(H,30,36)/t20-,21+/m0/s1. The molecular formula is C27H41N5O7. The first kappa shape index (κ1) is 31.4. The van der Waals surface area contributed by atoms with Crippen LogP contribution in [0.4, 0.5) is 9.59 Å². The highest BCUT2D eigenvalue weighted by Crippen LogP contribution is 2.22. The van der Waals surface area contributed by atoms with Crippen molar-refractivity contribution in [1.29, 1.82) is 0 Å². The number of nitrogens with zero attached hydrogens (tertiary/aromatic N) is 2. The molecule has 1 aliphatic heterocycles. The molecule has 1 aromatic rings. The van der Waals surface area contributed by atoms with E-state index in [0.717, 1.165) is 5.56 Å². The van der Waals surface area contributed by atoms with Crippen LogP contribution in [0, 0.1) is 0 Å². The van der Waals surface area contributed by atoms with Gasteiger partial charge in [0.05, 0.1) is 0 Å². The maximum Gasteiger partial charge on any atom is 0.410 e. The largest absolute Gasteiger partial charge is 0.445 e. The van der Waals surface area contributed by atoms with E-state index >= 15 is 0 Å². The van der Waals surface area contributed by atoms with E-state index < -0.39 is 47.6 Å². The monoisotopic (exact) mass is 547 g/mol. The molecule has 0 unspecified atom stereocenters. The molecule has 0 radical (unpaired) electrons. The highest BCUT2D eigenvalue weighted by molar-refractivity contribution is 5.91. The minimum atomic E-state index is -1.08. The highest BCUT2D eigenvalue weighted by Gasteiger charge is 2.40. The van der Waals surface area contributed by atoms with E-state index in [2.05, 4.69) is 5.32 Å². The zero-order valence-corrected chi connectivity index (χ0v) is 23.0. The van der Waals surface area contributed by atoms with Gasteiger partial charge in [0.2, 0.25) is 17.7 Å². The number of rotatable bonds is 13. The molecular weight excluding hydrogens is 506 g/mol. The fourth-order valence-electron chi connectivity index (χ4n) is 4.30.